The van der Waals surface area contributed by atoms with Crippen LogP contribution in [0.3, 0.4) is 0 Å². The summed E-state index contributed by atoms with van der Waals surface area (Å²) >= 11 is 0. The lowest BCUT2D eigenvalue weighted by Crippen LogP contribution is -2.31. The first kappa shape index (κ1) is 24.8. The molecule has 0 saturated heterocycles. The Morgan fingerprint density at radius 3 is 2.38 bits per heavy atom. The van der Waals surface area contributed by atoms with Crippen LogP contribution in [0.4, 0.5) is 0 Å². The van der Waals surface area contributed by atoms with E-state index in [1.54, 1.807) is 12.0 Å². The molecule has 29 heavy (non-hydrogen) atoms. The molecule has 0 aliphatic carbocycles. The second-order valence-corrected chi connectivity index (χ2v) is 7.17. The normalized spacial score (nSPS) is 11.6. The molecule has 1 atom stereocenters. The highest BCUT2D eigenvalue weighted by Crippen LogP contribution is 2.30. The Bertz CT molecular complexity index is 629. The van der Waals surface area contributed by atoms with Crippen molar-refractivity contribution in [3.63, 3.8) is 0 Å². The van der Waals surface area contributed by atoms with Gasteiger partial charge < -0.3 is 19.7 Å². The van der Waals surface area contributed by atoms with Gasteiger partial charge in [0.1, 0.15) is 0 Å². The molecular weight excluding hydrogens is 368 g/mol. The number of hydrogen-bond acceptors (Lipinski definition) is 4. The highest BCUT2D eigenvalue weighted by Gasteiger charge is 2.14. The Morgan fingerprint density at radius 1 is 1.03 bits per heavy atom. The van der Waals surface area contributed by atoms with Gasteiger partial charge in [-0.2, -0.15) is 0 Å². The van der Waals surface area contributed by atoms with E-state index in [0.29, 0.717) is 44.7 Å². The molecule has 0 spiro atoms. The number of rotatable bonds is 14. The van der Waals surface area contributed by atoms with Gasteiger partial charge in [-0.15, -0.1) is 0 Å². The highest BCUT2D eigenvalue weighted by molar-refractivity contribution is 5.79. The van der Waals surface area contributed by atoms with Crippen LogP contribution in [0, 0.1) is 0 Å². The average molecular weight is 407 g/mol. The molecule has 0 aromatic heterocycles. The van der Waals surface area contributed by atoms with E-state index in [0.717, 1.165) is 30.6 Å². The zero-order chi connectivity index (χ0) is 21.6. The first-order valence-corrected chi connectivity index (χ1v) is 10.8. The van der Waals surface area contributed by atoms with Crippen molar-refractivity contribution in [2.75, 3.05) is 26.8 Å². The Balaban J connectivity index is 2.52. The van der Waals surface area contributed by atoms with Gasteiger partial charge in [0.15, 0.2) is 11.5 Å². The van der Waals surface area contributed by atoms with Gasteiger partial charge in [0.2, 0.25) is 11.8 Å². The molecule has 0 aliphatic heterocycles. The molecule has 1 aromatic rings. The van der Waals surface area contributed by atoms with Gasteiger partial charge in [-0.25, -0.2) is 0 Å². The third-order valence-corrected chi connectivity index (χ3v) is 4.98. The topological polar surface area (TPSA) is 67.9 Å². The third kappa shape index (κ3) is 8.75. The molecule has 0 bridgehead atoms. The number of carbonyl (C=O) groups is 2. The van der Waals surface area contributed by atoms with E-state index in [-0.39, 0.29) is 17.9 Å². The van der Waals surface area contributed by atoms with Crippen LogP contribution in [0.25, 0.3) is 0 Å². The minimum atomic E-state index is -0.149. The van der Waals surface area contributed by atoms with Gasteiger partial charge in [0.05, 0.1) is 19.8 Å². The summed E-state index contributed by atoms with van der Waals surface area (Å²) in [6.07, 6.45) is 4.62. The van der Waals surface area contributed by atoms with E-state index in [9.17, 15) is 9.59 Å². The number of carbonyl (C=O) groups excluding carboxylic acids is 2. The summed E-state index contributed by atoms with van der Waals surface area (Å²) in [6, 6.07) is 5.60. The summed E-state index contributed by atoms with van der Waals surface area (Å²) in [5, 5.41) is 3.00. The molecule has 0 saturated carbocycles. The molecule has 1 unspecified atom stereocenters. The first-order chi connectivity index (χ1) is 14.0. The highest BCUT2D eigenvalue weighted by atomic mass is 16.5. The van der Waals surface area contributed by atoms with Crippen molar-refractivity contribution in [1.29, 1.82) is 0 Å². The number of amides is 2. The van der Waals surface area contributed by atoms with Crippen LogP contribution in [0.1, 0.15) is 77.8 Å². The number of nitrogens with zero attached hydrogens (tertiary/aromatic N) is 1. The van der Waals surface area contributed by atoms with E-state index < -0.39 is 0 Å². The standard InChI is InChI=1S/C23H38N2O4/c1-6-9-10-16-29-20-15-14-19(17-21(20)28-5)18(4)24-22(26)12-11-13-23(27)25(7-2)8-3/h14-15,17-18H,6-13,16H2,1-5H3,(H,24,26). The van der Waals surface area contributed by atoms with Crippen LogP contribution < -0.4 is 14.8 Å². The molecule has 1 aromatic carbocycles. The van der Waals surface area contributed by atoms with Crippen molar-refractivity contribution >= 4 is 11.8 Å². The molecule has 6 heteroatoms. The predicted octanol–water partition coefficient (Wildman–Crippen LogP) is 4.48. The fraction of sp³-hybridized carbons (Fsp3) is 0.652. The van der Waals surface area contributed by atoms with Gasteiger partial charge in [-0.3, -0.25) is 9.59 Å². The summed E-state index contributed by atoms with van der Waals surface area (Å²) in [4.78, 5) is 26.1. The summed E-state index contributed by atoms with van der Waals surface area (Å²) in [5.41, 5.74) is 0.954. The maximum absolute atomic E-state index is 12.2. The summed E-state index contributed by atoms with van der Waals surface area (Å²) < 4.78 is 11.3. The fourth-order valence-electron chi connectivity index (χ4n) is 3.14. The van der Waals surface area contributed by atoms with Crippen LogP contribution in [0.15, 0.2) is 18.2 Å². The monoisotopic (exact) mass is 406 g/mol. The van der Waals surface area contributed by atoms with Gasteiger partial charge in [0.25, 0.3) is 0 Å². The van der Waals surface area contributed by atoms with Gasteiger partial charge >= 0.3 is 0 Å². The molecule has 0 heterocycles. The van der Waals surface area contributed by atoms with Crippen LogP contribution in [-0.4, -0.2) is 43.5 Å². The van der Waals surface area contributed by atoms with Gasteiger partial charge in [0, 0.05) is 25.9 Å². The Morgan fingerprint density at radius 2 is 1.76 bits per heavy atom. The third-order valence-electron chi connectivity index (χ3n) is 4.98. The minimum absolute atomic E-state index is 0.0521. The summed E-state index contributed by atoms with van der Waals surface area (Å²) in [5.74, 6) is 1.45. The number of hydrogen-bond donors (Lipinski definition) is 1. The fourth-order valence-corrected chi connectivity index (χ4v) is 3.14. The quantitative estimate of drug-likeness (QED) is 0.463. The summed E-state index contributed by atoms with van der Waals surface area (Å²) in [7, 11) is 1.62. The number of methoxy groups -OCH3 is 1. The predicted molar refractivity (Wildman–Crippen MR) is 116 cm³/mol. The molecule has 1 N–H and O–H groups in total. The molecule has 2 amide bonds. The van der Waals surface area contributed by atoms with Crippen LogP contribution >= 0.6 is 0 Å². The molecule has 0 fully saturated rings. The molecule has 0 aliphatic rings. The van der Waals surface area contributed by atoms with Crippen molar-refractivity contribution in [2.45, 2.75) is 72.3 Å². The Kier molecular flexibility index (Phi) is 11.8. The number of benzene rings is 1. The van der Waals surface area contributed by atoms with Crippen molar-refractivity contribution in [3.05, 3.63) is 23.8 Å². The van der Waals surface area contributed by atoms with Crippen LogP contribution in [-0.2, 0) is 9.59 Å². The Hall–Kier alpha value is -2.24. The van der Waals surface area contributed by atoms with E-state index in [2.05, 4.69) is 12.2 Å². The molecule has 164 valence electrons. The number of nitrogens with one attached hydrogen (secondary N) is 1. The molecule has 6 nitrogen and oxygen atoms in total. The second-order valence-electron chi connectivity index (χ2n) is 7.17. The van der Waals surface area contributed by atoms with Crippen LogP contribution in [0.5, 0.6) is 11.5 Å². The van der Waals surface area contributed by atoms with Gasteiger partial charge in [-0.05, 0) is 51.3 Å². The van der Waals surface area contributed by atoms with Gasteiger partial charge in [-0.1, -0.05) is 25.8 Å². The maximum atomic E-state index is 12.2. The van der Waals surface area contributed by atoms with E-state index >= 15 is 0 Å². The zero-order valence-electron chi connectivity index (χ0n) is 18.8. The SMILES string of the molecule is CCCCCOc1ccc(C(C)NC(=O)CCCC(=O)N(CC)CC)cc1OC. The first-order valence-electron chi connectivity index (χ1n) is 10.8. The summed E-state index contributed by atoms with van der Waals surface area (Å²) in [6.45, 7) is 10.1. The van der Waals surface area contributed by atoms with Crippen molar-refractivity contribution in [1.82, 2.24) is 10.2 Å². The lowest BCUT2D eigenvalue weighted by atomic mass is 10.1. The molecule has 1 rings (SSSR count). The minimum Gasteiger partial charge on any atom is -0.493 e. The van der Waals surface area contributed by atoms with Crippen molar-refractivity contribution in [3.8, 4) is 11.5 Å². The zero-order valence-corrected chi connectivity index (χ0v) is 18.8. The van der Waals surface area contributed by atoms with E-state index in [1.807, 2.05) is 39.0 Å². The maximum Gasteiger partial charge on any atom is 0.222 e. The average Bonchev–Trinajstić information content (AvgIpc) is 2.72. The van der Waals surface area contributed by atoms with E-state index in [1.165, 1.54) is 0 Å². The lowest BCUT2D eigenvalue weighted by molar-refractivity contribution is -0.131. The number of unbranched alkanes of at least 4 members (excludes halogenated alkanes) is 2. The van der Waals surface area contributed by atoms with Crippen molar-refractivity contribution < 1.29 is 19.1 Å². The lowest BCUT2D eigenvalue weighted by Gasteiger charge is -2.19. The molecule has 0 radical (unpaired) electrons. The molecular formula is C23H38N2O4. The Labute approximate surface area is 175 Å². The van der Waals surface area contributed by atoms with Crippen LogP contribution in [0.2, 0.25) is 0 Å². The van der Waals surface area contributed by atoms with Crippen molar-refractivity contribution in [2.24, 2.45) is 0 Å². The second kappa shape index (κ2) is 13.9. The van der Waals surface area contributed by atoms with E-state index in [4.69, 9.17) is 9.47 Å². The largest absolute Gasteiger partial charge is 0.493 e. The smallest absolute Gasteiger partial charge is 0.222 e. The number of ether oxygens (including phenoxy) is 2.